The van der Waals surface area contributed by atoms with E-state index in [1.54, 1.807) is 6.07 Å². The molecule has 0 unspecified atom stereocenters. The monoisotopic (exact) mass is 556 g/mol. The number of benzene rings is 3. The fourth-order valence-corrected chi connectivity index (χ4v) is 5.65. The van der Waals surface area contributed by atoms with E-state index < -0.39 is 6.10 Å². The highest BCUT2D eigenvalue weighted by Gasteiger charge is 2.48. The van der Waals surface area contributed by atoms with Crippen LogP contribution in [0.15, 0.2) is 71.5 Å². The number of rotatable bonds is 5. The SMILES string of the molecule is Cc1cc(-c2ccc(-c3ccc(-c4cc5nc(O[C@@H]6CO[C@H]7[C@@H]6OC[C@H]7O)[nH]c5cc4Cl)cc3)cc2)c(=O)[nH]n1. The number of aliphatic hydroxyl groups excluding tert-OH is 1. The van der Waals surface area contributed by atoms with Crippen molar-refractivity contribution in [3.05, 3.63) is 87.8 Å². The molecule has 0 bridgehead atoms. The first-order valence-corrected chi connectivity index (χ1v) is 13.4. The maximum Gasteiger partial charge on any atom is 0.295 e. The molecule has 2 aromatic heterocycles. The second-order valence-corrected chi connectivity index (χ2v) is 10.5. The van der Waals surface area contributed by atoms with Crippen LogP contribution in [0.3, 0.4) is 0 Å². The average Bonchev–Trinajstić information content (AvgIpc) is 3.66. The van der Waals surface area contributed by atoms with E-state index >= 15 is 0 Å². The second kappa shape index (κ2) is 9.87. The summed E-state index contributed by atoms with van der Waals surface area (Å²) < 4.78 is 17.3. The van der Waals surface area contributed by atoms with Crippen molar-refractivity contribution in [2.45, 2.75) is 31.3 Å². The Labute approximate surface area is 233 Å². The van der Waals surface area contributed by atoms with E-state index in [1.165, 1.54) is 0 Å². The number of nitrogens with one attached hydrogen (secondary N) is 2. The number of H-pyrrole nitrogens is 2. The summed E-state index contributed by atoms with van der Waals surface area (Å²) in [5.74, 6) is 0. The Morgan fingerprint density at radius 2 is 1.55 bits per heavy atom. The van der Waals surface area contributed by atoms with Crippen LogP contribution >= 0.6 is 11.6 Å². The molecule has 10 heteroatoms. The Bertz CT molecular complexity index is 1770. The predicted molar refractivity (Wildman–Crippen MR) is 150 cm³/mol. The third kappa shape index (κ3) is 4.47. The van der Waals surface area contributed by atoms with Gasteiger partial charge in [-0.1, -0.05) is 60.1 Å². The smallest absolute Gasteiger partial charge is 0.295 e. The first-order chi connectivity index (χ1) is 19.4. The maximum atomic E-state index is 12.2. The van der Waals surface area contributed by atoms with Crippen molar-refractivity contribution in [1.82, 2.24) is 20.2 Å². The number of nitrogens with zero attached hydrogens (tertiary/aromatic N) is 2. The molecule has 0 radical (unpaired) electrons. The number of ether oxygens (including phenoxy) is 3. The summed E-state index contributed by atoms with van der Waals surface area (Å²) in [5, 5.41) is 17.0. The van der Waals surface area contributed by atoms with Gasteiger partial charge < -0.3 is 24.3 Å². The Morgan fingerprint density at radius 3 is 2.27 bits per heavy atom. The van der Waals surface area contributed by atoms with E-state index in [2.05, 4.69) is 20.2 Å². The van der Waals surface area contributed by atoms with E-state index in [4.69, 9.17) is 25.8 Å². The van der Waals surface area contributed by atoms with Crippen LogP contribution in [0.4, 0.5) is 0 Å². The molecule has 2 fully saturated rings. The van der Waals surface area contributed by atoms with E-state index in [9.17, 15) is 9.90 Å². The summed E-state index contributed by atoms with van der Waals surface area (Å²) in [4.78, 5) is 20.0. The molecule has 0 amide bonds. The van der Waals surface area contributed by atoms with Crippen LogP contribution in [-0.2, 0) is 9.47 Å². The Kier molecular flexibility index (Phi) is 6.16. The largest absolute Gasteiger partial charge is 0.456 e. The Balaban J connectivity index is 1.11. The van der Waals surface area contributed by atoms with Gasteiger partial charge in [-0.25, -0.2) is 5.10 Å². The molecule has 2 aliphatic heterocycles. The number of aliphatic hydroxyl groups is 1. The highest BCUT2D eigenvalue weighted by molar-refractivity contribution is 6.34. The molecule has 40 heavy (non-hydrogen) atoms. The lowest BCUT2D eigenvalue weighted by atomic mass is 9.98. The minimum Gasteiger partial charge on any atom is -0.456 e. The van der Waals surface area contributed by atoms with Gasteiger partial charge in [0.25, 0.3) is 11.6 Å². The van der Waals surface area contributed by atoms with Crippen molar-refractivity contribution in [3.8, 4) is 39.4 Å². The molecule has 0 saturated carbocycles. The number of imidazole rings is 1. The first kappa shape index (κ1) is 25.0. The quantitative estimate of drug-likeness (QED) is 0.291. The zero-order chi connectivity index (χ0) is 27.4. The summed E-state index contributed by atoms with van der Waals surface area (Å²) >= 11 is 6.67. The van der Waals surface area contributed by atoms with Gasteiger partial charge in [0.15, 0.2) is 6.10 Å². The molecule has 202 valence electrons. The third-order valence-corrected chi connectivity index (χ3v) is 7.76. The molecule has 9 nitrogen and oxygen atoms in total. The number of aromatic amines is 2. The number of hydrogen-bond acceptors (Lipinski definition) is 7. The van der Waals surface area contributed by atoms with Crippen molar-refractivity contribution < 1.29 is 19.3 Å². The minimum atomic E-state index is -0.636. The standard InChI is InChI=1S/C30H25ClN4O5/c1-15-10-21(29(37)35-34-15)19-8-4-17(5-9-19)16-2-6-18(7-3-16)20-11-23-24(12-22(20)31)33-30(32-23)40-26-14-39-27-25(36)13-38-28(26)27/h2-12,25-28,36H,13-14H2,1H3,(H,32,33)(H,35,37)/t25-,26-,27-,28-/m1/s1. The van der Waals surface area contributed by atoms with Gasteiger partial charge in [0.1, 0.15) is 18.3 Å². The van der Waals surface area contributed by atoms with Gasteiger partial charge >= 0.3 is 0 Å². The predicted octanol–water partition coefficient (Wildman–Crippen LogP) is 4.51. The van der Waals surface area contributed by atoms with E-state index in [1.807, 2.05) is 67.6 Å². The number of hydrogen-bond donors (Lipinski definition) is 3. The van der Waals surface area contributed by atoms with Gasteiger partial charge in [0.2, 0.25) is 0 Å². The lowest BCUT2D eigenvalue weighted by Crippen LogP contribution is -2.34. The van der Waals surface area contributed by atoms with Gasteiger partial charge in [0.05, 0.1) is 40.5 Å². The fourth-order valence-electron chi connectivity index (χ4n) is 5.38. The first-order valence-electron chi connectivity index (χ1n) is 13.0. The van der Waals surface area contributed by atoms with Crippen LogP contribution < -0.4 is 10.3 Å². The topological polar surface area (TPSA) is 122 Å². The number of aromatic nitrogens is 4. The highest BCUT2D eigenvalue weighted by Crippen LogP contribution is 2.35. The van der Waals surface area contributed by atoms with Crippen LogP contribution in [-0.4, -0.2) is 62.9 Å². The van der Waals surface area contributed by atoms with Gasteiger partial charge in [-0.15, -0.1) is 0 Å². The normalized spacial score (nSPS) is 22.1. The van der Waals surface area contributed by atoms with Crippen molar-refractivity contribution in [2.75, 3.05) is 13.2 Å². The van der Waals surface area contributed by atoms with Crippen LogP contribution in [0, 0.1) is 6.92 Å². The molecule has 3 aromatic carbocycles. The lowest BCUT2D eigenvalue weighted by Gasteiger charge is -2.15. The molecule has 4 atom stereocenters. The molecule has 2 saturated heterocycles. The average molecular weight is 557 g/mol. The zero-order valence-electron chi connectivity index (χ0n) is 21.4. The van der Waals surface area contributed by atoms with Gasteiger partial charge in [0, 0.05) is 5.56 Å². The number of halogens is 1. The fraction of sp³-hybridized carbons (Fsp3) is 0.233. The van der Waals surface area contributed by atoms with Crippen LogP contribution in [0.1, 0.15) is 5.69 Å². The molecule has 5 aromatic rings. The van der Waals surface area contributed by atoms with Crippen molar-refractivity contribution in [2.24, 2.45) is 0 Å². The molecule has 4 heterocycles. The molecule has 0 spiro atoms. The summed E-state index contributed by atoms with van der Waals surface area (Å²) in [6.45, 7) is 2.41. The maximum absolute atomic E-state index is 12.2. The van der Waals surface area contributed by atoms with E-state index in [0.717, 1.165) is 44.5 Å². The Morgan fingerprint density at radius 1 is 0.900 bits per heavy atom. The number of aryl methyl sites for hydroxylation is 1. The van der Waals surface area contributed by atoms with Gasteiger partial charge in [-0.2, -0.15) is 10.1 Å². The van der Waals surface area contributed by atoms with Crippen molar-refractivity contribution in [1.29, 1.82) is 0 Å². The molecule has 7 rings (SSSR count). The summed E-state index contributed by atoms with van der Waals surface area (Å²) in [7, 11) is 0. The van der Waals surface area contributed by atoms with E-state index in [0.29, 0.717) is 23.2 Å². The lowest BCUT2D eigenvalue weighted by molar-refractivity contribution is 0.00706. The van der Waals surface area contributed by atoms with Gasteiger partial charge in [-0.3, -0.25) is 4.79 Å². The van der Waals surface area contributed by atoms with E-state index in [-0.39, 0.29) is 30.5 Å². The summed E-state index contributed by atoms with van der Waals surface area (Å²) in [5.41, 5.74) is 7.33. The zero-order valence-corrected chi connectivity index (χ0v) is 22.2. The van der Waals surface area contributed by atoms with Crippen LogP contribution in [0.5, 0.6) is 6.01 Å². The summed E-state index contributed by atoms with van der Waals surface area (Å²) in [6.07, 6.45) is -1.68. The van der Waals surface area contributed by atoms with Gasteiger partial charge in [-0.05, 0) is 47.4 Å². The van der Waals surface area contributed by atoms with Crippen LogP contribution in [0.25, 0.3) is 44.4 Å². The number of fused-ring (bicyclic) bond motifs is 2. The third-order valence-electron chi connectivity index (χ3n) is 7.45. The molecule has 2 aliphatic rings. The van der Waals surface area contributed by atoms with Crippen LogP contribution in [0.2, 0.25) is 5.02 Å². The molecular formula is C30H25ClN4O5. The second-order valence-electron chi connectivity index (χ2n) is 10.1. The minimum absolute atomic E-state index is 0.212. The van der Waals surface area contributed by atoms with Crippen molar-refractivity contribution >= 4 is 22.6 Å². The highest BCUT2D eigenvalue weighted by atomic mass is 35.5. The molecule has 3 N–H and O–H groups in total. The van der Waals surface area contributed by atoms with Crippen molar-refractivity contribution in [3.63, 3.8) is 0 Å². The molecule has 0 aliphatic carbocycles. The Hall–Kier alpha value is -4.02. The molecular weight excluding hydrogens is 532 g/mol. The summed E-state index contributed by atoms with van der Waals surface area (Å²) in [6, 6.07) is 21.9.